The Labute approximate surface area is 162 Å². The number of rotatable bonds is 4. The van der Waals surface area contributed by atoms with Crippen LogP contribution in [0.3, 0.4) is 0 Å². The summed E-state index contributed by atoms with van der Waals surface area (Å²) >= 11 is 0. The molecule has 1 saturated carbocycles. The predicted molar refractivity (Wildman–Crippen MR) is 98.9 cm³/mol. The monoisotopic (exact) mass is 392 g/mol. The lowest BCUT2D eigenvalue weighted by molar-refractivity contribution is -0.149. The second kappa shape index (κ2) is 7.58. The summed E-state index contributed by atoms with van der Waals surface area (Å²) in [6, 6.07) is 3.64. The van der Waals surface area contributed by atoms with Gasteiger partial charge in [-0.15, -0.1) is 0 Å². The van der Waals surface area contributed by atoms with Gasteiger partial charge in [0.05, 0.1) is 24.3 Å². The Morgan fingerprint density at radius 3 is 2.79 bits per heavy atom. The van der Waals surface area contributed by atoms with E-state index in [1.165, 1.54) is 18.2 Å². The molecule has 2 atom stereocenters. The maximum atomic E-state index is 13.7. The van der Waals surface area contributed by atoms with Crippen LogP contribution in [0.25, 0.3) is 0 Å². The zero-order valence-corrected chi connectivity index (χ0v) is 15.7. The smallest absolute Gasteiger partial charge is 0.321 e. The molecule has 152 valence electrons. The first-order chi connectivity index (χ1) is 13.5. The number of benzene rings is 1. The Bertz CT molecular complexity index is 767. The van der Waals surface area contributed by atoms with Crippen molar-refractivity contribution < 1.29 is 28.6 Å². The number of nitrogens with zero attached hydrogens (tertiary/aromatic N) is 1. The van der Waals surface area contributed by atoms with Crippen molar-refractivity contribution in [2.24, 2.45) is 11.3 Å². The lowest BCUT2D eigenvalue weighted by Crippen LogP contribution is -2.38. The van der Waals surface area contributed by atoms with Crippen LogP contribution in [0, 0.1) is 17.2 Å². The van der Waals surface area contributed by atoms with Gasteiger partial charge in [0.1, 0.15) is 17.7 Å². The van der Waals surface area contributed by atoms with E-state index in [0.717, 1.165) is 12.8 Å². The van der Waals surface area contributed by atoms with Crippen LogP contribution in [0.1, 0.15) is 32.1 Å². The molecule has 3 fully saturated rings. The number of hydrogen-bond donors (Lipinski definition) is 2. The molecule has 0 radical (unpaired) electrons. The number of nitrogens with one attached hydrogen (secondary N) is 1. The lowest BCUT2D eigenvalue weighted by Gasteiger charge is -2.26. The summed E-state index contributed by atoms with van der Waals surface area (Å²) in [5.41, 5.74) is -0.444. The molecule has 28 heavy (non-hydrogen) atoms. The maximum Gasteiger partial charge on any atom is 0.321 e. The molecule has 2 heterocycles. The average molecular weight is 392 g/mol. The molecular formula is C20H25FN2O5. The molecule has 1 aromatic carbocycles. The molecule has 2 N–H and O–H groups in total. The number of amides is 2. The van der Waals surface area contributed by atoms with Gasteiger partial charge in [0.2, 0.25) is 0 Å². The second-order valence-corrected chi connectivity index (χ2v) is 7.93. The summed E-state index contributed by atoms with van der Waals surface area (Å²) in [6.45, 7) is 1.81. The van der Waals surface area contributed by atoms with Gasteiger partial charge in [-0.2, -0.15) is 0 Å². The standard InChI is InChI=1S/C20H25FN2O5/c21-14-3-4-16(17(10-14)28-15-5-8-27-9-6-15)22-19(26)23-11-13-2-1-7-20(13,12-23)18(24)25/h3-4,10,13,15H,1-2,5-9,11-12H2,(H,22,26)(H,24,25)/t13-,20+/m0/s1. The number of aliphatic carboxylic acids is 1. The third kappa shape index (κ3) is 3.53. The van der Waals surface area contributed by atoms with Gasteiger partial charge in [0.25, 0.3) is 0 Å². The van der Waals surface area contributed by atoms with E-state index < -0.39 is 17.2 Å². The number of carbonyl (C=O) groups is 2. The molecule has 0 spiro atoms. The van der Waals surface area contributed by atoms with Gasteiger partial charge in [0.15, 0.2) is 0 Å². The fraction of sp³-hybridized carbons (Fsp3) is 0.600. The number of halogens is 1. The van der Waals surface area contributed by atoms with Crippen LogP contribution in [0.5, 0.6) is 5.75 Å². The molecule has 4 rings (SSSR count). The molecule has 0 aromatic heterocycles. The fourth-order valence-corrected chi connectivity index (χ4v) is 4.66. The zero-order chi connectivity index (χ0) is 19.7. The van der Waals surface area contributed by atoms with E-state index in [9.17, 15) is 19.1 Å². The van der Waals surface area contributed by atoms with E-state index in [-0.39, 0.29) is 30.3 Å². The third-order valence-electron chi connectivity index (χ3n) is 6.23. The minimum absolute atomic E-state index is 0.0121. The van der Waals surface area contributed by atoms with Crippen LogP contribution < -0.4 is 10.1 Å². The highest BCUT2D eigenvalue weighted by atomic mass is 19.1. The van der Waals surface area contributed by atoms with Crippen molar-refractivity contribution in [3.63, 3.8) is 0 Å². The normalized spacial score (nSPS) is 27.5. The van der Waals surface area contributed by atoms with Crippen LogP contribution in [-0.4, -0.2) is 54.4 Å². The molecule has 2 aliphatic heterocycles. The number of urea groups is 1. The molecule has 2 amide bonds. The van der Waals surface area contributed by atoms with Crippen LogP contribution in [0.15, 0.2) is 18.2 Å². The molecule has 1 aliphatic carbocycles. The second-order valence-electron chi connectivity index (χ2n) is 7.93. The molecule has 0 bridgehead atoms. The third-order valence-corrected chi connectivity index (χ3v) is 6.23. The van der Waals surface area contributed by atoms with Gasteiger partial charge in [-0.25, -0.2) is 9.18 Å². The van der Waals surface area contributed by atoms with E-state index in [2.05, 4.69) is 5.32 Å². The first-order valence-corrected chi connectivity index (χ1v) is 9.81. The number of hydrogen-bond acceptors (Lipinski definition) is 4. The molecule has 3 aliphatic rings. The summed E-state index contributed by atoms with van der Waals surface area (Å²) in [7, 11) is 0. The highest BCUT2D eigenvalue weighted by Crippen LogP contribution is 2.49. The van der Waals surface area contributed by atoms with Gasteiger partial charge < -0.3 is 24.8 Å². The Kier molecular flexibility index (Phi) is 5.14. The quantitative estimate of drug-likeness (QED) is 0.822. The highest BCUT2D eigenvalue weighted by Gasteiger charge is 2.55. The summed E-state index contributed by atoms with van der Waals surface area (Å²) in [5, 5.41) is 12.5. The molecule has 0 unspecified atom stereocenters. The predicted octanol–water partition coefficient (Wildman–Crippen LogP) is 3.10. The number of carbonyl (C=O) groups excluding carboxylic acids is 1. The summed E-state index contributed by atoms with van der Waals surface area (Å²) < 4.78 is 25.0. The number of anilines is 1. The number of likely N-dealkylation sites (tertiary alicyclic amines) is 1. The van der Waals surface area contributed by atoms with Gasteiger partial charge in [-0.3, -0.25) is 4.79 Å². The van der Waals surface area contributed by atoms with Crippen molar-refractivity contribution in [2.45, 2.75) is 38.2 Å². The van der Waals surface area contributed by atoms with Crippen molar-refractivity contribution in [3.8, 4) is 5.75 Å². The van der Waals surface area contributed by atoms with Crippen LogP contribution in [0.4, 0.5) is 14.9 Å². The first kappa shape index (κ1) is 19.0. The van der Waals surface area contributed by atoms with E-state index in [1.54, 1.807) is 4.90 Å². The summed E-state index contributed by atoms with van der Waals surface area (Å²) in [5.74, 6) is -0.995. The van der Waals surface area contributed by atoms with Gasteiger partial charge >= 0.3 is 12.0 Å². The van der Waals surface area contributed by atoms with E-state index in [1.807, 2.05) is 0 Å². The van der Waals surface area contributed by atoms with E-state index >= 15 is 0 Å². The number of ether oxygens (including phenoxy) is 2. The minimum atomic E-state index is -0.832. The minimum Gasteiger partial charge on any atom is -0.488 e. The molecule has 8 heteroatoms. The number of fused-ring (bicyclic) bond motifs is 1. The first-order valence-electron chi connectivity index (χ1n) is 9.81. The Balaban J connectivity index is 1.47. The fourth-order valence-electron chi connectivity index (χ4n) is 4.66. The number of carboxylic acid groups (broad SMARTS) is 1. The Hall–Kier alpha value is -2.35. The van der Waals surface area contributed by atoms with Crippen LogP contribution in [0.2, 0.25) is 0 Å². The lowest BCUT2D eigenvalue weighted by atomic mass is 9.81. The molecule has 7 nitrogen and oxygen atoms in total. The van der Waals surface area contributed by atoms with Crippen molar-refractivity contribution >= 4 is 17.7 Å². The maximum absolute atomic E-state index is 13.7. The van der Waals surface area contributed by atoms with Crippen LogP contribution >= 0.6 is 0 Å². The van der Waals surface area contributed by atoms with Gasteiger partial charge in [0, 0.05) is 32.0 Å². The number of carboxylic acids is 1. The highest BCUT2D eigenvalue weighted by molar-refractivity contribution is 5.92. The Morgan fingerprint density at radius 1 is 1.29 bits per heavy atom. The van der Waals surface area contributed by atoms with Crippen molar-refractivity contribution in [2.75, 3.05) is 31.6 Å². The molecule has 2 saturated heterocycles. The summed E-state index contributed by atoms with van der Waals surface area (Å²) in [6.07, 6.45) is 3.63. The van der Waals surface area contributed by atoms with Crippen molar-refractivity contribution in [3.05, 3.63) is 24.0 Å². The largest absolute Gasteiger partial charge is 0.488 e. The van der Waals surface area contributed by atoms with Gasteiger partial charge in [-0.1, -0.05) is 6.42 Å². The van der Waals surface area contributed by atoms with Crippen molar-refractivity contribution in [1.82, 2.24) is 4.90 Å². The Morgan fingerprint density at radius 2 is 2.07 bits per heavy atom. The average Bonchev–Trinajstić information content (AvgIpc) is 3.23. The topological polar surface area (TPSA) is 88.1 Å². The van der Waals surface area contributed by atoms with Gasteiger partial charge in [-0.05, 0) is 30.9 Å². The van der Waals surface area contributed by atoms with E-state index in [4.69, 9.17) is 9.47 Å². The van der Waals surface area contributed by atoms with E-state index in [0.29, 0.717) is 44.7 Å². The molecule has 1 aromatic rings. The SMILES string of the molecule is O=C(Nc1ccc(F)cc1OC1CCOCC1)N1C[C@@H]2CCC[C@@]2(C(=O)O)C1. The molecular weight excluding hydrogens is 367 g/mol. The zero-order valence-electron chi connectivity index (χ0n) is 15.7. The van der Waals surface area contributed by atoms with Crippen molar-refractivity contribution in [1.29, 1.82) is 0 Å². The summed E-state index contributed by atoms with van der Waals surface area (Å²) in [4.78, 5) is 26.2. The van der Waals surface area contributed by atoms with Crippen LogP contribution in [-0.2, 0) is 9.53 Å².